The summed E-state index contributed by atoms with van der Waals surface area (Å²) in [6.07, 6.45) is 0. The van der Waals surface area contributed by atoms with Gasteiger partial charge in [-0.15, -0.1) is 0 Å². The molecule has 104 valence electrons. The summed E-state index contributed by atoms with van der Waals surface area (Å²) in [5, 5.41) is 22.8. The number of hydrogen-bond acceptors (Lipinski definition) is 2. The van der Waals surface area contributed by atoms with Crippen LogP contribution in [0.25, 0.3) is 38.1 Å². The van der Waals surface area contributed by atoms with Gasteiger partial charge in [-0.2, -0.15) is 10.5 Å². The highest BCUT2D eigenvalue weighted by atomic mass is 14.9. The van der Waals surface area contributed by atoms with Crippen molar-refractivity contribution >= 4 is 38.1 Å². The minimum absolute atomic E-state index is 0.427. The van der Waals surface area contributed by atoms with Gasteiger partial charge < -0.3 is 4.40 Å². The zero-order valence-electron chi connectivity index (χ0n) is 12.0. The average molecular weight is 291 g/mol. The monoisotopic (exact) mass is 291 g/mol. The molecule has 0 atom stereocenters. The van der Waals surface area contributed by atoms with Crippen LogP contribution in [0.1, 0.15) is 11.1 Å². The topological polar surface area (TPSA) is 52.0 Å². The highest BCUT2D eigenvalue weighted by Gasteiger charge is 2.13. The second-order valence-electron chi connectivity index (χ2n) is 5.76. The summed E-state index contributed by atoms with van der Waals surface area (Å²) in [4.78, 5) is 0. The smallest absolute Gasteiger partial charge is 0.101 e. The number of nitrogens with zero attached hydrogens (tertiary/aromatic N) is 3. The fraction of sp³-hybridized carbons (Fsp3) is 0. The van der Waals surface area contributed by atoms with Crippen LogP contribution in [0.5, 0.6) is 0 Å². The molecule has 0 saturated heterocycles. The van der Waals surface area contributed by atoms with E-state index in [0.29, 0.717) is 11.1 Å². The van der Waals surface area contributed by atoms with Gasteiger partial charge in [0.1, 0.15) is 12.1 Å². The summed E-state index contributed by atoms with van der Waals surface area (Å²) < 4.78 is 2.25. The first-order valence-electron chi connectivity index (χ1n) is 7.33. The molecule has 0 aliphatic carbocycles. The van der Waals surface area contributed by atoms with E-state index >= 15 is 0 Å². The van der Waals surface area contributed by atoms with E-state index in [1.165, 1.54) is 27.3 Å². The van der Waals surface area contributed by atoms with Gasteiger partial charge in [0.15, 0.2) is 0 Å². The first-order chi connectivity index (χ1) is 11.3. The number of hydrogen-bond donors (Lipinski definition) is 0. The molecule has 3 nitrogen and oxygen atoms in total. The molecule has 0 saturated carbocycles. The average Bonchev–Trinajstić information content (AvgIpc) is 3.15. The first-order valence-corrected chi connectivity index (χ1v) is 7.33. The lowest BCUT2D eigenvalue weighted by atomic mass is 9.99. The number of nitriles is 2. The SMILES string of the molecule is N#Cc1cc2cc3c(cc2cc1C#N)c1ccc2cccc3n21. The van der Waals surface area contributed by atoms with Crippen LogP contribution in [0.4, 0.5) is 0 Å². The number of rotatable bonds is 0. The predicted molar refractivity (Wildman–Crippen MR) is 90.5 cm³/mol. The molecule has 2 aromatic carbocycles. The third-order valence-corrected chi connectivity index (χ3v) is 4.58. The minimum Gasteiger partial charge on any atom is -0.309 e. The minimum atomic E-state index is 0.427. The molecule has 0 radical (unpaired) electrons. The molecule has 0 amide bonds. The van der Waals surface area contributed by atoms with Crippen molar-refractivity contribution in [3.05, 3.63) is 65.7 Å². The number of pyridine rings is 1. The van der Waals surface area contributed by atoms with Crippen molar-refractivity contribution in [2.45, 2.75) is 0 Å². The van der Waals surface area contributed by atoms with Gasteiger partial charge in [-0.3, -0.25) is 0 Å². The second-order valence-corrected chi connectivity index (χ2v) is 5.76. The van der Waals surface area contributed by atoms with Gasteiger partial charge >= 0.3 is 0 Å². The fourth-order valence-electron chi connectivity index (χ4n) is 3.54. The molecular formula is C20H9N3. The number of fused-ring (bicyclic) bond motifs is 4. The zero-order valence-corrected chi connectivity index (χ0v) is 12.0. The Kier molecular flexibility index (Phi) is 2.09. The van der Waals surface area contributed by atoms with Crippen molar-refractivity contribution in [1.82, 2.24) is 4.40 Å². The number of benzene rings is 2. The van der Waals surface area contributed by atoms with E-state index in [2.05, 4.69) is 59.0 Å². The summed E-state index contributed by atoms with van der Waals surface area (Å²) in [6, 6.07) is 22.6. The maximum atomic E-state index is 9.23. The molecule has 0 aliphatic heterocycles. The predicted octanol–water partition coefficient (Wildman–Crippen LogP) is 4.58. The Morgan fingerprint density at radius 1 is 0.696 bits per heavy atom. The number of aromatic nitrogens is 1. The molecule has 5 rings (SSSR count). The van der Waals surface area contributed by atoms with Gasteiger partial charge in [0, 0.05) is 16.3 Å². The molecule has 5 aromatic rings. The lowest BCUT2D eigenvalue weighted by Gasteiger charge is -2.02. The molecule has 0 bridgehead atoms. The molecular weight excluding hydrogens is 282 g/mol. The van der Waals surface area contributed by atoms with Gasteiger partial charge in [0.2, 0.25) is 0 Å². The highest BCUT2D eigenvalue weighted by Crippen LogP contribution is 2.35. The summed E-state index contributed by atoms with van der Waals surface area (Å²) in [5.74, 6) is 0. The van der Waals surface area contributed by atoms with E-state index in [9.17, 15) is 10.5 Å². The molecule has 3 heterocycles. The first kappa shape index (κ1) is 12.0. The van der Waals surface area contributed by atoms with E-state index in [1.807, 2.05) is 12.1 Å². The van der Waals surface area contributed by atoms with Gasteiger partial charge in [-0.05, 0) is 59.3 Å². The lowest BCUT2D eigenvalue weighted by molar-refractivity contribution is 1.36. The molecule has 3 heteroatoms. The van der Waals surface area contributed by atoms with Crippen molar-refractivity contribution in [3.8, 4) is 12.1 Å². The van der Waals surface area contributed by atoms with Crippen molar-refractivity contribution in [2.24, 2.45) is 0 Å². The molecule has 0 fully saturated rings. The van der Waals surface area contributed by atoms with E-state index in [-0.39, 0.29) is 0 Å². The molecule has 23 heavy (non-hydrogen) atoms. The van der Waals surface area contributed by atoms with E-state index in [1.54, 1.807) is 0 Å². The molecule has 0 unspecified atom stereocenters. The van der Waals surface area contributed by atoms with Gasteiger partial charge in [-0.25, -0.2) is 0 Å². The van der Waals surface area contributed by atoms with Crippen LogP contribution in [0.2, 0.25) is 0 Å². The highest BCUT2D eigenvalue weighted by molar-refractivity contribution is 6.15. The maximum absolute atomic E-state index is 9.23. The van der Waals surface area contributed by atoms with Gasteiger partial charge in [0.05, 0.1) is 22.2 Å². The molecule has 3 aromatic heterocycles. The fourth-order valence-corrected chi connectivity index (χ4v) is 3.54. The van der Waals surface area contributed by atoms with Crippen LogP contribution in [0, 0.1) is 22.7 Å². The summed E-state index contributed by atoms with van der Waals surface area (Å²) in [6.45, 7) is 0. The summed E-state index contributed by atoms with van der Waals surface area (Å²) >= 11 is 0. The third kappa shape index (κ3) is 1.41. The van der Waals surface area contributed by atoms with E-state index in [4.69, 9.17) is 0 Å². The molecule has 0 aliphatic rings. The van der Waals surface area contributed by atoms with E-state index < -0.39 is 0 Å². The zero-order chi connectivity index (χ0) is 15.6. The van der Waals surface area contributed by atoms with Crippen LogP contribution in [0.15, 0.2) is 54.6 Å². The van der Waals surface area contributed by atoms with Crippen LogP contribution in [-0.4, -0.2) is 4.40 Å². The van der Waals surface area contributed by atoms with Crippen LogP contribution in [-0.2, 0) is 0 Å². The van der Waals surface area contributed by atoms with Crippen molar-refractivity contribution in [1.29, 1.82) is 10.5 Å². The van der Waals surface area contributed by atoms with Gasteiger partial charge in [0.25, 0.3) is 0 Å². The Morgan fingerprint density at radius 2 is 1.30 bits per heavy atom. The van der Waals surface area contributed by atoms with Crippen molar-refractivity contribution in [3.63, 3.8) is 0 Å². The standard InChI is InChI=1S/C20H9N3/c21-10-14-6-12-8-17-18(9-13(12)7-15(14)11-22)20-5-4-16-2-1-3-19(17)23(16)20/h1-9H. The molecule has 0 N–H and O–H groups in total. The largest absolute Gasteiger partial charge is 0.309 e. The van der Waals surface area contributed by atoms with Crippen molar-refractivity contribution in [2.75, 3.05) is 0 Å². The van der Waals surface area contributed by atoms with Gasteiger partial charge in [-0.1, -0.05) is 6.07 Å². The quantitative estimate of drug-likeness (QED) is 0.419. The van der Waals surface area contributed by atoms with Crippen molar-refractivity contribution < 1.29 is 0 Å². The Labute approximate surface area is 131 Å². The second kappa shape index (κ2) is 4.00. The Morgan fingerprint density at radius 3 is 1.91 bits per heavy atom. The summed E-state index contributed by atoms with van der Waals surface area (Å²) in [7, 11) is 0. The van der Waals surface area contributed by atoms with Crippen LogP contribution in [0.3, 0.4) is 0 Å². The van der Waals surface area contributed by atoms with E-state index in [0.717, 1.165) is 10.8 Å². The maximum Gasteiger partial charge on any atom is 0.101 e. The summed E-state index contributed by atoms with van der Waals surface area (Å²) in [5.41, 5.74) is 4.37. The molecule has 0 spiro atoms. The lowest BCUT2D eigenvalue weighted by Crippen LogP contribution is -1.85. The Bertz CT molecular complexity index is 1270. The normalized spacial score (nSPS) is 11.4. The Balaban J connectivity index is 2.04. The Hall–Kier alpha value is -3.56. The van der Waals surface area contributed by atoms with Crippen LogP contribution >= 0.6 is 0 Å². The third-order valence-electron chi connectivity index (χ3n) is 4.58. The van der Waals surface area contributed by atoms with Crippen LogP contribution < -0.4 is 0 Å².